The van der Waals surface area contributed by atoms with Crippen LogP contribution in [0.15, 0.2) is 90.1 Å². The third kappa shape index (κ3) is 13.5. The second-order valence-corrected chi connectivity index (χ2v) is 12.9. The number of aldehydes is 1. The Hall–Kier alpha value is -5.27. The minimum atomic E-state index is -0.350. The van der Waals surface area contributed by atoms with Crippen LogP contribution in [-0.4, -0.2) is 57.5 Å². The maximum atomic E-state index is 11.5. The molecule has 4 aromatic rings. The van der Waals surface area contributed by atoms with Crippen molar-refractivity contribution in [3.05, 3.63) is 124 Å². The number of nitrogens with zero attached hydrogens (tertiary/aromatic N) is 2. The van der Waals surface area contributed by atoms with E-state index >= 15 is 0 Å². The summed E-state index contributed by atoms with van der Waals surface area (Å²) in [5, 5.41) is 3.77. The minimum absolute atomic E-state index is 0.185. The zero-order chi connectivity index (χ0) is 36.4. The summed E-state index contributed by atoms with van der Waals surface area (Å²) in [6.07, 6.45) is 9.84. The van der Waals surface area contributed by atoms with Gasteiger partial charge in [-0.3, -0.25) is 44.6 Å². The molecule has 13 heteroatoms. The first kappa shape index (κ1) is 38.5. The highest BCUT2D eigenvalue weighted by Crippen LogP contribution is 2.26. The summed E-state index contributed by atoms with van der Waals surface area (Å²) in [5.41, 5.74) is 6.01. The minimum Gasteiger partial charge on any atom is -0.493 e. The third-order valence-electron chi connectivity index (χ3n) is 7.25. The monoisotopic (exact) mass is 726 g/mol. The third-order valence-corrected chi connectivity index (χ3v) is 8.84. The normalized spacial score (nSPS) is 14.1. The number of aryl methyl sites for hydroxylation is 2. The predicted molar refractivity (Wildman–Crippen MR) is 199 cm³/mol. The molecule has 4 amide bonds. The van der Waals surface area contributed by atoms with Crippen LogP contribution in [0.25, 0.3) is 6.08 Å². The summed E-state index contributed by atoms with van der Waals surface area (Å²) >= 11 is 1.92. The molecule has 4 heterocycles. The van der Waals surface area contributed by atoms with Gasteiger partial charge >= 0.3 is 0 Å². The molecule has 0 saturated carbocycles. The van der Waals surface area contributed by atoms with Crippen LogP contribution in [0, 0.1) is 0 Å². The van der Waals surface area contributed by atoms with E-state index in [2.05, 4.69) is 46.6 Å². The second kappa shape index (κ2) is 20.4. The van der Waals surface area contributed by atoms with Crippen LogP contribution in [0.1, 0.15) is 52.3 Å². The molecular formula is C38H38N4O7S2. The maximum Gasteiger partial charge on any atom is 0.290 e. The lowest BCUT2D eigenvalue weighted by molar-refractivity contribution is -0.117. The maximum absolute atomic E-state index is 11.5. The van der Waals surface area contributed by atoms with E-state index in [1.807, 2.05) is 48.8 Å². The van der Waals surface area contributed by atoms with Crippen molar-refractivity contribution in [2.24, 2.45) is 0 Å². The Morgan fingerprint density at radius 1 is 0.686 bits per heavy atom. The van der Waals surface area contributed by atoms with Crippen LogP contribution in [-0.2, 0) is 35.3 Å². The molecule has 2 aromatic carbocycles. The number of pyridine rings is 2. The molecule has 2 aromatic heterocycles. The Labute approximate surface area is 305 Å². The fourth-order valence-corrected chi connectivity index (χ4v) is 5.57. The first-order chi connectivity index (χ1) is 24.7. The van der Waals surface area contributed by atoms with E-state index in [1.165, 1.54) is 11.1 Å². The van der Waals surface area contributed by atoms with Gasteiger partial charge in [0.25, 0.3) is 16.4 Å². The lowest BCUT2D eigenvalue weighted by atomic mass is 10.2. The fourth-order valence-electron chi connectivity index (χ4n) is 4.36. The van der Waals surface area contributed by atoms with E-state index < -0.39 is 0 Å². The highest BCUT2D eigenvalue weighted by atomic mass is 32.2. The van der Waals surface area contributed by atoms with Crippen LogP contribution >= 0.6 is 23.5 Å². The zero-order valence-electron chi connectivity index (χ0n) is 28.3. The Kier molecular flexibility index (Phi) is 15.4. The van der Waals surface area contributed by atoms with Crippen molar-refractivity contribution in [1.82, 2.24) is 20.6 Å². The summed E-state index contributed by atoms with van der Waals surface area (Å²) in [6.45, 7) is 5.35. The predicted octanol–water partition coefficient (Wildman–Crippen LogP) is 6.64. The van der Waals surface area contributed by atoms with Gasteiger partial charge in [-0.25, -0.2) is 0 Å². The first-order valence-electron chi connectivity index (χ1n) is 16.2. The van der Waals surface area contributed by atoms with Gasteiger partial charge in [0.15, 0.2) is 0 Å². The Bertz CT molecular complexity index is 1800. The standard InChI is InChI=1S/C19H18N2O3S.C16H17NO2.C3H3NO2S/c1-2-13-3-6-15(20-12-13)9-10-24-16-7-4-14(5-8-16)11-17-18(22)21-19(23)25-17;1-2-13-3-6-15(17-11-13)9-10-19-16-7-4-14(12-18)5-8-16;5-2-1-7-3(6)4-2/h3-8,11-12H,2,9-10H2,1H3,(H,21,22,23);3-8,11-12H,2,9-10H2,1H3;1H2,(H,4,5,6)/b17-11-;;. The van der Waals surface area contributed by atoms with Crippen LogP contribution < -0.4 is 20.1 Å². The smallest absolute Gasteiger partial charge is 0.290 e. The van der Waals surface area contributed by atoms with E-state index in [1.54, 1.807) is 30.3 Å². The number of amides is 4. The zero-order valence-corrected chi connectivity index (χ0v) is 29.9. The molecular weight excluding hydrogens is 689 g/mol. The van der Waals surface area contributed by atoms with Crippen molar-refractivity contribution in [2.45, 2.75) is 39.5 Å². The van der Waals surface area contributed by atoms with E-state index in [0.29, 0.717) is 29.4 Å². The van der Waals surface area contributed by atoms with Crippen molar-refractivity contribution in [2.75, 3.05) is 19.0 Å². The van der Waals surface area contributed by atoms with Gasteiger partial charge in [0.2, 0.25) is 5.91 Å². The number of rotatable bonds is 12. The number of benzene rings is 2. The Balaban J connectivity index is 0.000000197. The van der Waals surface area contributed by atoms with Crippen molar-refractivity contribution in [3.63, 3.8) is 0 Å². The van der Waals surface area contributed by atoms with E-state index in [9.17, 15) is 24.0 Å². The van der Waals surface area contributed by atoms with Crippen molar-refractivity contribution < 1.29 is 33.4 Å². The van der Waals surface area contributed by atoms with Gasteiger partial charge in [0.1, 0.15) is 17.8 Å². The number of thioether (sulfide) groups is 2. The van der Waals surface area contributed by atoms with E-state index in [0.717, 1.165) is 83.9 Å². The second-order valence-electron chi connectivity index (χ2n) is 11.0. The Morgan fingerprint density at radius 2 is 1.22 bits per heavy atom. The number of aromatic nitrogens is 2. The summed E-state index contributed by atoms with van der Waals surface area (Å²) < 4.78 is 11.3. The number of carbonyl (C=O) groups excluding carboxylic acids is 5. The Morgan fingerprint density at radius 3 is 1.57 bits per heavy atom. The summed E-state index contributed by atoms with van der Waals surface area (Å²) in [7, 11) is 0. The van der Waals surface area contributed by atoms with Crippen molar-refractivity contribution in [3.8, 4) is 11.5 Å². The molecule has 0 bridgehead atoms. The fraction of sp³-hybridized carbons (Fsp3) is 0.237. The molecule has 264 valence electrons. The van der Waals surface area contributed by atoms with E-state index in [-0.39, 0.29) is 22.3 Å². The average Bonchev–Trinajstić information content (AvgIpc) is 3.70. The van der Waals surface area contributed by atoms with Crippen LogP contribution in [0.4, 0.5) is 9.59 Å². The lowest BCUT2D eigenvalue weighted by Gasteiger charge is -2.07. The van der Waals surface area contributed by atoms with Gasteiger partial charge in [-0.2, -0.15) is 0 Å². The number of hydrogen-bond donors (Lipinski definition) is 2. The average molecular weight is 727 g/mol. The summed E-state index contributed by atoms with van der Waals surface area (Å²) in [5.74, 6) is 1.29. The molecule has 0 unspecified atom stereocenters. The molecule has 0 radical (unpaired) electrons. The van der Waals surface area contributed by atoms with Crippen LogP contribution in [0.2, 0.25) is 0 Å². The van der Waals surface area contributed by atoms with Gasteiger partial charge in [0.05, 0.1) is 23.9 Å². The number of carbonyl (C=O) groups is 5. The molecule has 51 heavy (non-hydrogen) atoms. The molecule has 0 aliphatic carbocycles. The highest BCUT2D eigenvalue weighted by molar-refractivity contribution is 8.18. The highest BCUT2D eigenvalue weighted by Gasteiger charge is 2.24. The SMILES string of the molecule is CCc1ccc(CCOc2ccc(/C=C3\SC(=O)NC3=O)cc2)nc1.CCc1ccc(CCOc2ccc(C=O)cc2)nc1.O=C1CSC(=O)N1. The van der Waals surface area contributed by atoms with Gasteiger partial charge in [0, 0.05) is 42.2 Å². The van der Waals surface area contributed by atoms with Gasteiger partial charge in [-0.15, -0.1) is 0 Å². The quantitative estimate of drug-likeness (QED) is 0.119. The van der Waals surface area contributed by atoms with E-state index in [4.69, 9.17) is 9.47 Å². The summed E-state index contributed by atoms with van der Waals surface area (Å²) in [6, 6.07) is 22.8. The first-order valence-corrected chi connectivity index (χ1v) is 18.0. The molecule has 2 aliphatic heterocycles. The van der Waals surface area contributed by atoms with Gasteiger partial charge < -0.3 is 9.47 Å². The molecule has 2 saturated heterocycles. The molecule has 0 spiro atoms. The molecule has 2 aliphatic rings. The number of ether oxygens (including phenoxy) is 2. The molecule has 2 N–H and O–H groups in total. The lowest BCUT2D eigenvalue weighted by Crippen LogP contribution is -2.18. The number of hydrogen-bond acceptors (Lipinski definition) is 11. The van der Waals surface area contributed by atoms with Gasteiger partial charge in [-0.05, 0) is 95.9 Å². The summed E-state index contributed by atoms with van der Waals surface area (Å²) in [4.78, 5) is 62.6. The molecule has 11 nitrogen and oxygen atoms in total. The topological polar surface area (TPSA) is 154 Å². The van der Waals surface area contributed by atoms with Crippen LogP contribution in [0.3, 0.4) is 0 Å². The largest absolute Gasteiger partial charge is 0.493 e. The molecule has 0 atom stereocenters. The molecule has 6 rings (SSSR count). The van der Waals surface area contributed by atoms with Gasteiger partial charge in [-0.1, -0.05) is 49.9 Å². The van der Waals surface area contributed by atoms with Crippen molar-refractivity contribution in [1.29, 1.82) is 0 Å². The number of nitrogens with one attached hydrogen (secondary N) is 2. The van der Waals surface area contributed by atoms with Crippen molar-refractivity contribution >= 4 is 58.2 Å². The molecule has 2 fully saturated rings. The van der Waals surface area contributed by atoms with Crippen LogP contribution in [0.5, 0.6) is 11.5 Å². The number of imide groups is 2.